The second-order valence-electron chi connectivity index (χ2n) is 6.06. The molecule has 0 spiro atoms. The molecule has 2 heterocycles. The average molecular weight is 424 g/mol. The third-order valence-electron chi connectivity index (χ3n) is 4.18. The number of carboxylic acid groups (broad SMARTS) is 1. The zero-order chi connectivity index (χ0) is 20.3. The van der Waals surface area contributed by atoms with E-state index in [-0.39, 0.29) is 23.7 Å². The Balaban J connectivity index is 1.92. The predicted octanol–water partition coefficient (Wildman–Crippen LogP) is 2.16. The van der Waals surface area contributed by atoms with Crippen molar-refractivity contribution in [3.63, 3.8) is 0 Å². The fourth-order valence-electron chi connectivity index (χ4n) is 2.62. The number of nitrogens with one attached hydrogen (secondary N) is 1. The number of sulfone groups is 1. The van der Waals surface area contributed by atoms with Gasteiger partial charge in [0.25, 0.3) is 0 Å². The third-order valence-corrected chi connectivity index (χ3v) is 6.16. The molecule has 0 aliphatic heterocycles. The molecule has 2 aromatic heterocycles. The molecule has 3 aromatic rings. The van der Waals surface area contributed by atoms with E-state index in [0.29, 0.717) is 21.7 Å². The Bertz CT molecular complexity index is 1120. The SMILES string of the molecule is CCS(=O)(=O)CCC(Nc1ncnc2c1cnn2-c1cccc(Cl)c1)C(=O)O. The number of aliphatic carboxylic acids is 1. The van der Waals surface area contributed by atoms with Gasteiger partial charge < -0.3 is 10.4 Å². The number of aromatic nitrogens is 4. The lowest BCUT2D eigenvalue weighted by Crippen LogP contribution is -2.32. The van der Waals surface area contributed by atoms with Crippen LogP contribution in [0.25, 0.3) is 16.7 Å². The predicted molar refractivity (Wildman–Crippen MR) is 106 cm³/mol. The van der Waals surface area contributed by atoms with Gasteiger partial charge in [-0.2, -0.15) is 5.10 Å². The van der Waals surface area contributed by atoms with Crippen molar-refractivity contribution in [1.82, 2.24) is 19.7 Å². The molecule has 11 heteroatoms. The molecule has 0 aliphatic rings. The Kier molecular flexibility index (Phi) is 5.80. The first kappa shape index (κ1) is 20.0. The molecule has 1 aromatic carbocycles. The minimum absolute atomic E-state index is 0.0382. The number of carboxylic acids is 1. The molecule has 1 atom stereocenters. The number of hydrogen-bond donors (Lipinski definition) is 2. The van der Waals surface area contributed by atoms with Crippen LogP contribution in [0.5, 0.6) is 0 Å². The van der Waals surface area contributed by atoms with Crippen LogP contribution in [-0.4, -0.2) is 56.8 Å². The number of nitrogens with zero attached hydrogens (tertiary/aromatic N) is 4. The second kappa shape index (κ2) is 8.11. The first-order valence-electron chi connectivity index (χ1n) is 8.45. The molecule has 9 nitrogen and oxygen atoms in total. The van der Waals surface area contributed by atoms with Crippen molar-refractivity contribution in [1.29, 1.82) is 0 Å². The summed E-state index contributed by atoms with van der Waals surface area (Å²) in [6.07, 6.45) is 2.72. The van der Waals surface area contributed by atoms with Crippen LogP contribution in [0.1, 0.15) is 13.3 Å². The maximum Gasteiger partial charge on any atom is 0.326 e. The van der Waals surface area contributed by atoms with Gasteiger partial charge in [-0.05, 0) is 24.6 Å². The van der Waals surface area contributed by atoms with Gasteiger partial charge in [0.05, 0.1) is 23.0 Å². The van der Waals surface area contributed by atoms with Gasteiger partial charge in [-0.15, -0.1) is 0 Å². The summed E-state index contributed by atoms with van der Waals surface area (Å²) in [5, 5.41) is 17.6. The van der Waals surface area contributed by atoms with Crippen molar-refractivity contribution < 1.29 is 18.3 Å². The molecule has 0 aliphatic carbocycles. The van der Waals surface area contributed by atoms with E-state index in [0.717, 1.165) is 0 Å². The van der Waals surface area contributed by atoms with Crippen molar-refractivity contribution in [2.45, 2.75) is 19.4 Å². The van der Waals surface area contributed by atoms with Gasteiger partial charge in [-0.3, -0.25) is 0 Å². The zero-order valence-corrected chi connectivity index (χ0v) is 16.5. The first-order chi connectivity index (χ1) is 13.3. The van der Waals surface area contributed by atoms with Gasteiger partial charge in [0.1, 0.15) is 28.0 Å². The molecule has 1 unspecified atom stereocenters. The monoisotopic (exact) mass is 423 g/mol. The Labute approximate surface area is 166 Å². The maximum absolute atomic E-state index is 11.7. The number of halogens is 1. The highest BCUT2D eigenvalue weighted by Crippen LogP contribution is 2.24. The minimum atomic E-state index is -3.28. The lowest BCUT2D eigenvalue weighted by molar-refractivity contribution is -0.137. The van der Waals surface area contributed by atoms with Crippen LogP contribution in [0.4, 0.5) is 5.82 Å². The van der Waals surface area contributed by atoms with Crippen LogP contribution < -0.4 is 5.32 Å². The third kappa shape index (κ3) is 4.39. The van der Waals surface area contributed by atoms with Crippen LogP contribution >= 0.6 is 11.6 Å². The standard InChI is InChI=1S/C17H18ClN5O4S/c1-2-28(26,27)7-6-14(17(24)25)22-15-13-9-21-23(16(13)20-10-19-15)12-5-3-4-11(18)8-12/h3-5,8-10,14H,2,6-7H2,1H3,(H,24,25)(H,19,20,22). The van der Waals surface area contributed by atoms with Crippen molar-refractivity contribution in [3.05, 3.63) is 41.8 Å². The second-order valence-corrected chi connectivity index (χ2v) is 8.97. The van der Waals surface area contributed by atoms with E-state index >= 15 is 0 Å². The molecular weight excluding hydrogens is 406 g/mol. The van der Waals surface area contributed by atoms with Gasteiger partial charge in [0, 0.05) is 10.8 Å². The summed E-state index contributed by atoms with van der Waals surface area (Å²) in [6.45, 7) is 1.52. The summed E-state index contributed by atoms with van der Waals surface area (Å²) >= 11 is 6.03. The lowest BCUT2D eigenvalue weighted by Gasteiger charge is -2.15. The van der Waals surface area contributed by atoms with Crippen LogP contribution in [0, 0.1) is 0 Å². The topological polar surface area (TPSA) is 127 Å². The molecule has 0 fully saturated rings. The van der Waals surface area contributed by atoms with Gasteiger partial charge in [-0.25, -0.2) is 27.9 Å². The van der Waals surface area contributed by atoms with E-state index in [4.69, 9.17) is 11.6 Å². The van der Waals surface area contributed by atoms with Crippen molar-refractivity contribution in [2.75, 3.05) is 16.8 Å². The summed E-state index contributed by atoms with van der Waals surface area (Å²) < 4.78 is 25.0. The quantitative estimate of drug-likeness (QED) is 0.564. The number of rotatable bonds is 8. The summed E-state index contributed by atoms with van der Waals surface area (Å²) in [5.41, 5.74) is 1.15. The molecule has 28 heavy (non-hydrogen) atoms. The fraction of sp³-hybridized carbons (Fsp3) is 0.294. The molecule has 2 N–H and O–H groups in total. The normalized spacial score (nSPS) is 12.8. The van der Waals surface area contributed by atoms with Crippen molar-refractivity contribution in [3.8, 4) is 5.69 Å². The van der Waals surface area contributed by atoms with Gasteiger partial charge >= 0.3 is 5.97 Å². The molecule has 0 radical (unpaired) electrons. The number of carbonyl (C=O) groups is 1. The summed E-state index contributed by atoms with van der Waals surface area (Å²) in [6, 6.07) is 5.93. The van der Waals surface area contributed by atoms with Gasteiger partial charge in [0.15, 0.2) is 5.65 Å². The summed E-state index contributed by atoms with van der Waals surface area (Å²) in [7, 11) is -3.28. The van der Waals surface area contributed by atoms with E-state index in [9.17, 15) is 18.3 Å². The Morgan fingerprint density at radius 2 is 2.14 bits per heavy atom. The van der Waals surface area contributed by atoms with Crippen molar-refractivity contribution in [2.24, 2.45) is 0 Å². The summed E-state index contributed by atoms with van der Waals surface area (Å²) in [5.74, 6) is -1.17. The highest BCUT2D eigenvalue weighted by molar-refractivity contribution is 7.91. The van der Waals surface area contributed by atoms with E-state index < -0.39 is 21.8 Å². The van der Waals surface area contributed by atoms with E-state index in [1.807, 2.05) is 6.07 Å². The number of hydrogen-bond acceptors (Lipinski definition) is 7. The molecule has 148 valence electrons. The maximum atomic E-state index is 11.7. The Morgan fingerprint density at radius 1 is 1.36 bits per heavy atom. The van der Waals surface area contributed by atoms with Crippen molar-refractivity contribution >= 4 is 44.3 Å². The lowest BCUT2D eigenvalue weighted by atomic mass is 10.2. The van der Waals surface area contributed by atoms with Gasteiger partial charge in [0.2, 0.25) is 0 Å². The van der Waals surface area contributed by atoms with E-state index in [1.54, 1.807) is 22.9 Å². The van der Waals surface area contributed by atoms with E-state index in [1.165, 1.54) is 19.4 Å². The molecule has 0 bridgehead atoms. The minimum Gasteiger partial charge on any atom is -0.480 e. The highest BCUT2D eigenvalue weighted by atomic mass is 35.5. The van der Waals surface area contributed by atoms with Crippen LogP contribution in [0.3, 0.4) is 0 Å². The van der Waals surface area contributed by atoms with Gasteiger partial charge in [-0.1, -0.05) is 24.6 Å². The number of fused-ring (bicyclic) bond motifs is 1. The Morgan fingerprint density at radius 3 is 2.82 bits per heavy atom. The fourth-order valence-corrected chi connectivity index (χ4v) is 3.69. The smallest absolute Gasteiger partial charge is 0.326 e. The molecule has 3 rings (SSSR count). The summed E-state index contributed by atoms with van der Waals surface area (Å²) in [4.78, 5) is 19.9. The Hall–Kier alpha value is -2.72. The zero-order valence-electron chi connectivity index (χ0n) is 14.9. The molecule has 0 amide bonds. The molecule has 0 saturated heterocycles. The van der Waals surface area contributed by atoms with Crippen LogP contribution in [0.15, 0.2) is 36.8 Å². The molecule has 0 saturated carbocycles. The largest absolute Gasteiger partial charge is 0.480 e. The van der Waals surface area contributed by atoms with E-state index in [2.05, 4.69) is 20.4 Å². The number of anilines is 1. The highest BCUT2D eigenvalue weighted by Gasteiger charge is 2.22. The van der Waals surface area contributed by atoms with Crippen LogP contribution in [-0.2, 0) is 14.6 Å². The first-order valence-corrected chi connectivity index (χ1v) is 10.6. The average Bonchev–Trinajstić information content (AvgIpc) is 3.10. The molecular formula is C17H18ClN5O4S. The number of benzene rings is 1. The van der Waals surface area contributed by atoms with Crippen LogP contribution in [0.2, 0.25) is 5.02 Å².